The van der Waals surface area contributed by atoms with Crippen molar-refractivity contribution in [3.05, 3.63) is 12.4 Å². The number of hydrogen-bond acceptors (Lipinski definition) is 6. The molecule has 0 spiro atoms. The Morgan fingerprint density at radius 1 is 1.28 bits per heavy atom. The monoisotopic (exact) mass is 266 g/mol. The van der Waals surface area contributed by atoms with Crippen LogP contribution >= 0.6 is 11.8 Å². The number of hydrogen-bond donors (Lipinski definition) is 0. The third-order valence-electron chi connectivity index (χ3n) is 3.59. The summed E-state index contributed by atoms with van der Waals surface area (Å²) < 4.78 is 5.13. The van der Waals surface area contributed by atoms with Crippen molar-refractivity contribution in [1.29, 1.82) is 0 Å². The fraction of sp³-hybridized carbons (Fsp3) is 0.667. The van der Waals surface area contributed by atoms with Crippen molar-refractivity contribution in [2.75, 3.05) is 49.7 Å². The minimum Gasteiger partial charge on any atom is -0.481 e. The molecule has 1 aromatic rings. The molecule has 2 saturated heterocycles. The van der Waals surface area contributed by atoms with E-state index in [4.69, 9.17) is 4.74 Å². The molecule has 0 atom stereocenters. The number of aromatic nitrogens is 2. The van der Waals surface area contributed by atoms with E-state index in [0.29, 0.717) is 11.9 Å². The Morgan fingerprint density at radius 3 is 2.78 bits per heavy atom. The molecular formula is C12H18N4OS. The molecule has 0 bridgehead atoms. The minimum atomic E-state index is 0.637. The van der Waals surface area contributed by atoms with Gasteiger partial charge < -0.3 is 9.64 Å². The second-order valence-corrected chi connectivity index (χ2v) is 5.85. The van der Waals surface area contributed by atoms with Crippen molar-refractivity contribution in [3.8, 4) is 5.88 Å². The maximum Gasteiger partial charge on any atom is 0.218 e. The Hall–Kier alpha value is -1.01. The smallest absolute Gasteiger partial charge is 0.218 e. The van der Waals surface area contributed by atoms with Gasteiger partial charge in [0.25, 0.3) is 0 Å². The van der Waals surface area contributed by atoms with Gasteiger partial charge in [-0.05, 0) is 0 Å². The van der Waals surface area contributed by atoms with Gasteiger partial charge in [-0.15, -0.1) is 0 Å². The van der Waals surface area contributed by atoms with E-state index in [1.54, 1.807) is 13.4 Å². The zero-order valence-corrected chi connectivity index (χ0v) is 11.4. The fourth-order valence-corrected chi connectivity index (χ4v) is 3.36. The molecule has 5 nitrogen and oxygen atoms in total. The third-order valence-corrected chi connectivity index (χ3v) is 4.53. The molecule has 0 amide bonds. The first-order chi connectivity index (χ1) is 8.86. The highest BCUT2D eigenvalue weighted by Gasteiger charge is 2.33. The number of thioether (sulfide) groups is 1. The van der Waals surface area contributed by atoms with Crippen LogP contribution in [0.15, 0.2) is 12.4 Å². The van der Waals surface area contributed by atoms with E-state index >= 15 is 0 Å². The zero-order chi connectivity index (χ0) is 12.4. The van der Waals surface area contributed by atoms with Crippen LogP contribution in [0, 0.1) is 0 Å². The van der Waals surface area contributed by atoms with Gasteiger partial charge in [-0.3, -0.25) is 4.90 Å². The summed E-state index contributed by atoms with van der Waals surface area (Å²) in [7, 11) is 1.64. The van der Waals surface area contributed by atoms with Gasteiger partial charge in [0, 0.05) is 49.8 Å². The molecule has 0 aromatic carbocycles. The maximum absolute atomic E-state index is 5.13. The normalized spacial score (nSPS) is 21.7. The molecule has 2 aliphatic heterocycles. The summed E-state index contributed by atoms with van der Waals surface area (Å²) in [4.78, 5) is 13.2. The van der Waals surface area contributed by atoms with Gasteiger partial charge >= 0.3 is 0 Å². The summed E-state index contributed by atoms with van der Waals surface area (Å²) in [5, 5.41) is 0. The van der Waals surface area contributed by atoms with Crippen LogP contribution in [-0.2, 0) is 0 Å². The van der Waals surface area contributed by atoms with E-state index in [2.05, 4.69) is 31.5 Å². The van der Waals surface area contributed by atoms with Gasteiger partial charge in [-0.25, -0.2) is 9.97 Å². The quantitative estimate of drug-likeness (QED) is 0.803. The number of ether oxygens (including phenoxy) is 1. The summed E-state index contributed by atoms with van der Waals surface area (Å²) in [6.07, 6.45) is 1.57. The van der Waals surface area contributed by atoms with Gasteiger partial charge in [0.05, 0.1) is 7.11 Å². The van der Waals surface area contributed by atoms with Crippen LogP contribution < -0.4 is 9.64 Å². The molecule has 0 N–H and O–H groups in total. The largest absolute Gasteiger partial charge is 0.481 e. The van der Waals surface area contributed by atoms with Crippen LogP contribution in [0.1, 0.15) is 0 Å². The van der Waals surface area contributed by atoms with Crippen LogP contribution in [0.2, 0.25) is 0 Å². The maximum atomic E-state index is 5.13. The van der Waals surface area contributed by atoms with Crippen LogP contribution in [0.3, 0.4) is 0 Å². The second kappa shape index (κ2) is 5.32. The van der Waals surface area contributed by atoms with Crippen LogP contribution in [0.4, 0.5) is 5.82 Å². The lowest BCUT2D eigenvalue weighted by Gasteiger charge is -2.47. The first-order valence-electron chi connectivity index (χ1n) is 6.29. The minimum absolute atomic E-state index is 0.637. The van der Waals surface area contributed by atoms with Crippen LogP contribution in [0.5, 0.6) is 5.88 Å². The molecule has 0 aliphatic carbocycles. The lowest BCUT2D eigenvalue weighted by molar-refractivity contribution is 0.182. The van der Waals surface area contributed by atoms with E-state index in [9.17, 15) is 0 Å². The molecule has 18 heavy (non-hydrogen) atoms. The molecule has 0 radical (unpaired) electrons. The second-order valence-electron chi connectivity index (χ2n) is 4.63. The van der Waals surface area contributed by atoms with Gasteiger partial charge in [0.1, 0.15) is 12.1 Å². The predicted octanol–water partition coefficient (Wildman–Crippen LogP) is 0.723. The van der Waals surface area contributed by atoms with Crippen molar-refractivity contribution in [1.82, 2.24) is 14.9 Å². The summed E-state index contributed by atoms with van der Waals surface area (Å²) in [6, 6.07) is 2.61. The topological polar surface area (TPSA) is 41.5 Å². The van der Waals surface area contributed by atoms with Gasteiger partial charge in [0.15, 0.2) is 0 Å². The fourth-order valence-electron chi connectivity index (χ4n) is 2.43. The third kappa shape index (κ3) is 2.40. The summed E-state index contributed by atoms with van der Waals surface area (Å²) in [6.45, 7) is 4.61. The molecule has 3 rings (SSSR count). The van der Waals surface area contributed by atoms with Crippen LogP contribution in [-0.4, -0.2) is 65.7 Å². The molecule has 1 aromatic heterocycles. The Balaban J connectivity index is 1.57. The zero-order valence-electron chi connectivity index (χ0n) is 10.6. The molecular weight excluding hydrogens is 248 g/mol. The molecule has 3 heterocycles. The molecule has 0 saturated carbocycles. The standard InChI is InChI=1S/C12H18N4OS/c1-17-12-6-11(13-9-14-12)16-7-10(8-16)15-2-4-18-5-3-15/h6,9-10H,2-5,7-8H2,1H3. The average Bonchev–Trinajstić information content (AvgIpc) is 2.39. The molecule has 6 heteroatoms. The first kappa shape index (κ1) is 12.0. The molecule has 2 aliphatic rings. The van der Waals surface area contributed by atoms with Crippen molar-refractivity contribution in [2.45, 2.75) is 6.04 Å². The first-order valence-corrected chi connectivity index (χ1v) is 7.45. The lowest BCUT2D eigenvalue weighted by Crippen LogP contribution is -2.61. The molecule has 2 fully saturated rings. The SMILES string of the molecule is COc1cc(N2CC(N3CCSCC3)C2)ncn1. The number of nitrogens with zero attached hydrogens (tertiary/aromatic N) is 4. The van der Waals surface area contributed by atoms with E-state index < -0.39 is 0 Å². The average molecular weight is 266 g/mol. The number of methoxy groups -OCH3 is 1. The Kier molecular flexibility index (Phi) is 3.56. The van der Waals surface area contributed by atoms with E-state index in [-0.39, 0.29) is 0 Å². The molecule has 98 valence electrons. The van der Waals surface area contributed by atoms with E-state index in [1.165, 1.54) is 24.6 Å². The Bertz CT molecular complexity index is 405. The molecule has 0 unspecified atom stereocenters. The van der Waals surface area contributed by atoms with Gasteiger partial charge in [-0.1, -0.05) is 0 Å². The van der Waals surface area contributed by atoms with Gasteiger partial charge in [-0.2, -0.15) is 11.8 Å². The summed E-state index contributed by atoms with van der Waals surface area (Å²) in [5.41, 5.74) is 0. The highest BCUT2D eigenvalue weighted by molar-refractivity contribution is 7.99. The highest BCUT2D eigenvalue weighted by atomic mass is 32.2. The van der Waals surface area contributed by atoms with Crippen molar-refractivity contribution >= 4 is 17.6 Å². The van der Waals surface area contributed by atoms with Gasteiger partial charge in [0.2, 0.25) is 5.88 Å². The number of rotatable bonds is 3. The highest BCUT2D eigenvalue weighted by Crippen LogP contribution is 2.25. The summed E-state index contributed by atoms with van der Waals surface area (Å²) in [5.74, 6) is 4.16. The Labute approximate surface area is 112 Å². The predicted molar refractivity (Wildman–Crippen MR) is 73.5 cm³/mol. The number of anilines is 1. The van der Waals surface area contributed by atoms with E-state index in [0.717, 1.165) is 18.9 Å². The van der Waals surface area contributed by atoms with Crippen LogP contribution in [0.25, 0.3) is 0 Å². The van der Waals surface area contributed by atoms with Crippen molar-refractivity contribution in [2.24, 2.45) is 0 Å². The Morgan fingerprint density at radius 2 is 2.06 bits per heavy atom. The summed E-state index contributed by atoms with van der Waals surface area (Å²) >= 11 is 2.06. The van der Waals surface area contributed by atoms with Crippen molar-refractivity contribution in [3.63, 3.8) is 0 Å². The lowest BCUT2D eigenvalue weighted by atomic mass is 10.1. The van der Waals surface area contributed by atoms with Crippen molar-refractivity contribution < 1.29 is 4.74 Å². The van der Waals surface area contributed by atoms with E-state index in [1.807, 2.05) is 6.07 Å².